The molecule has 7 heteroatoms. The van der Waals surface area contributed by atoms with Gasteiger partial charge in [-0.15, -0.1) is 11.3 Å². The highest BCUT2D eigenvalue weighted by Gasteiger charge is 2.22. The molecule has 1 aliphatic heterocycles. The zero-order valence-electron chi connectivity index (χ0n) is 13.9. The van der Waals surface area contributed by atoms with Crippen LogP contribution in [0.5, 0.6) is 5.75 Å². The number of aliphatic imine (C=N–C) groups is 1. The van der Waals surface area contributed by atoms with Crippen molar-refractivity contribution in [1.29, 1.82) is 5.26 Å². The van der Waals surface area contributed by atoms with Crippen LogP contribution in [0.15, 0.2) is 29.3 Å². The van der Waals surface area contributed by atoms with Gasteiger partial charge in [0.1, 0.15) is 16.8 Å². The van der Waals surface area contributed by atoms with Gasteiger partial charge in [-0.1, -0.05) is 0 Å². The van der Waals surface area contributed by atoms with E-state index in [-0.39, 0.29) is 6.61 Å². The van der Waals surface area contributed by atoms with Gasteiger partial charge in [-0.3, -0.25) is 4.79 Å². The largest absolute Gasteiger partial charge is 0.484 e. The highest BCUT2D eigenvalue weighted by atomic mass is 32.1. The van der Waals surface area contributed by atoms with E-state index in [1.54, 1.807) is 29.7 Å². The van der Waals surface area contributed by atoms with Gasteiger partial charge in [-0.25, -0.2) is 4.99 Å². The number of likely N-dealkylation sites (N-methyl/N-ethyl adjacent to an activating group) is 1. The van der Waals surface area contributed by atoms with Crippen LogP contribution < -0.4 is 10.5 Å². The summed E-state index contributed by atoms with van der Waals surface area (Å²) in [5, 5.41) is 10.2. The maximum atomic E-state index is 10.7. The molecule has 1 amide bonds. The van der Waals surface area contributed by atoms with Crippen molar-refractivity contribution in [3.8, 4) is 11.8 Å². The minimum absolute atomic E-state index is 0.145. The lowest BCUT2D eigenvalue weighted by Gasteiger charge is -2.21. The van der Waals surface area contributed by atoms with Crippen LogP contribution in [0.3, 0.4) is 0 Å². The molecule has 0 saturated heterocycles. The number of amides is 1. The average molecular weight is 354 g/mol. The molecule has 2 N–H and O–H groups in total. The molecule has 25 heavy (non-hydrogen) atoms. The number of benzene rings is 1. The van der Waals surface area contributed by atoms with Crippen molar-refractivity contribution in [3.05, 3.63) is 45.8 Å². The number of nitrogens with zero attached hydrogens (tertiary/aromatic N) is 3. The van der Waals surface area contributed by atoms with E-state index in [4.69, 9.17) is 10.5 Å². The summed E-state index contributed by atoms with van der Waals surface area (Å²) in [7, 11) is 2.08. The third-order valence-corrected chi connectivity index (χ3v) is 5.06. The van der Waals surface area contributed by atoms with Gasteiger partial charge < -0.3 is 15.4 Å². The Bertz CT molecular complexity index is 849. The van der Waals surface area contributed by atoms with Gasteiger partial charge in [0.2, 0.25) is 0 Å². The Hall–Kier alpha value is -2.69. The summed E-state index contributed by atoms with van der Waals surface area (Å²) in [6.45, 7) is 1.69. The summed E-state index contributed by atoms with van der Waals surface area (Å²) in [4.78, 5) is 18.7. The van der Waals surface area contributed by atoms with E-state index in [2.05, 4.69) is 23.0 Å². The number of hydrogen-bond acceptors (Lipinski definition) is 6. The molecule has 0 spiro atoms. The van der Waals surface area contributed by atoms with Crippen molar-refractivity contribution in [3.63, 3.8) is 0 Å². The Balaban J connectivity index is 1.76. The summed E-state index contributed by atoms with van der Waals surface area (Å²) in [5.41, 5.74) is 7.78. The highest BCUT2D eigenvalue weighted by Crippen LogP contribution is 2.38. The van der Waals surface area contributed by atoms with Crippen molar-refractivity contribution < 1.29 is 9.53 Å². The van der Waals surface area contributed by atoms with E-state index in [0.29, 0.717) is 11.3 Å². The summed E-state index contributed by atoms with van der Waals surface area (Å²) in [6, 6.07) is 9.49. The molecule has 0 atom stereocenters. The normalized spacial score (nSPS) is 14.2. The minimum Gasteiger partial charge on any atom is -0.484 e. The van der Waals surface area contributed by atoms with Crippen LogP contribution in [0.2, 0.25) is 0 Å². The van der Waals surface area contributed by atoms with Crippen molar-refractivity contribution in [2.75, 3.05) is 20.2 Å². The van der Waals surface area contributed by atoms with Crippen LogP contribution in [-0.2, 0) is 17.8 Å². The number of nitriles is 1. The van der Waals surface area contributed by atoms with Crippen LogP contribution >= 0.6 is 11.3 Å². The maximum Gasteiger partial charge on any atom is 0.255 e. The molecule has 0 aliphatic carbocycles. The Morgan fingerprint density at radius 2 is 2.24 bits per heavy atom. The standard InChI is InChI=1S/C18H18N4O2S/c1-22-7-6-14-15(8-19)18(25-16(14)10-22)21-9-12-2-4-13(5-3-12)24-11-17(20)23/h2-5,9H,6-7,10-11H2,1H3,(H2,20,23). The molecule has 1 aromatic carbocycles. The fourth-order valence-corrected chi connectivity index (χ4v) is 3.88. The Morgan fingerprint density at radius 3 is 2.92 bits per heavy atom. The van der Waals surface area contributed by atoms with Gasteiger partial charge in [0.25, 0.3) is 5.91 Å². The molecule has 2 aromatic rings. The minimum atomic E-state index is -0.512. The molecule has 128 valence electrons. The first kappa shape index (κ1) is 17.1. The topological polar surface area (TPSA) is 91.7 Å². The summed E-state index contributed by atoms with van der Waals surface area (Å²) in [5.74, 6) is 0.0604. The summed E-state index contributed by atoms with van der Waals surface area (Å²) < 4.78 is 5.22. The number of fused-ring (bicyclic) bond motifs is 1. The quantitative estimate of drug-likeness (QED) is 0.834. The van der Waals surface area contributed by atoms with Crippen LogP contribution in [-0.4, -0.2) is 37.2 Å². The van der Waals surface area contributed by atoms with E-state index in [1.165, 1.54) is 4.88 Å². The monoisotopic (exact) mass is 354 g/mol. The zero-order valence-corrected chi connectivity index (χ0v) is 14.7. The number of primary amides is 1. The predicted molar refractivity (Wildman–Crippen MR) is 97.5 cm³/mol. The average Bonchev–Trinajstić information content (AvgIpc) is 2.95. The van der Waals surface area contributed by atoms with Crippen molar-refractivity contribution in [1.82, 2.24) is 4.90 Å². The van der Waals surface area contributed by atoms with E-state index >= 15 is 0 Å². The molecule has 0 bridgehead atoms. The van der Waals surface area contributed by atoms with Crippen molar-refractivity contribution in [2.45, 2.75) is 13.0 Å². The first-order valence-corrected chi connectivity index (χ1v) is 8.67. The molecule has 0 fully saturated rings. The smallest absolute Gasteiger partial charge is 0.255 e. The molecule has 1 aliphatic rings. The Kier molecular flexibility index (Phi) is 5.12. The molecule has 3 rings (SSSR count). The lowest BCUT2D eigenvalue weighted by atomic mass is 10.0. The molecular formula is C18H18N4O2S. The van der Waals surface area contributed by atoms with Gasteiger partial charge in [0, 0.05) is 24.2 Å². The fourth-order valence-electron chi connectivity index (χ4n) is 2.66. The fraction of sp³-hybridized carbons (Fsp3) is 0.278. The number of rotatable bonds is 5. The lowest BCUT2D eigenvalue weighted by Crippen LogP contribution is -2.25. The second-order valence-electron chi connectivity index (χ2n) is 5.87. The Labute approximate surface area is 150 Å². The SMILES string of the molecule is CN1CCc2c(sc(N=Cc3ccc(OCC(N)=O)cc3)c2C#N)C1. The Morgan fingerprint density at radius 1 is 1.48 bits per heavy atom. The van der Waals surface area contributed by atoms with Gasteiger partial charge in [-0.05, 0) is 48.9 Å². The van der Waals surface area contributed by atoms with Gasteiger partial charge >= 0.3 is 0 Å². The van der Waals surface area contributed by atoms with E-state index in [1.807, 2.05) is 12.1 Å². The molecule has 0 radical (unpaired) electrons. The zero-order chi connectivity index (χ0) is 17.8. The number of ether oxygens (including phenoxy) is 1. The van der Waals surface area contributed by atoms with E-state index in [9.17, 15) is 10.1 Å². The molecule has 1 aromatic heterocycles. The molecule has 6 nitrogen and oxygen atoms in total. The van der Waals surface area contributed by atoms with Crippen LogP contribution in [0.25, 0.3) is 0 Å². The number of carbonyl (C=O) groups excluding carboxylic acids is 1. The van der Waals surface area contributed by atoms with E-state index in [0.717, 1.165) is 35.6 Å². The molecular weight excluding hydrogens is 336 g/mol. The molecule has 2 heterocycles. The second-order valence-corrected chi connectivity index (χ2v) is 6.95. The number of carbonyl (C=O) groups is 1. The summed E-state index contributed by atoms with van der Waals surface area (Å²) in [6.07, 6.45) is 2.63. The van der Waals surface area contributed by atoms with Crippen molar-refractivity contribution in [2.24, 2.45) is 10.7 Å². The number of thiophene rings is 1. The van der Waals surface area contributed by atoms with Crippen molar-refractivity contribution >= 4 is 28.5 Å². The van der Waals surface area contributed by atoms with Crippen LogP contribution in [0.4, 0.5) is 5.00 Å². The van der Waals surface area contributed by atoms with Gasteiger partial charge in [-0.2, -0.15) is 5.26 Å². The summed E-state index contributed by atoms with van der Waals surface area (Å²) >= 11 is 1.59. The lowest BCUT2D eigenvalue weighted by molar-refractivity contribution is -0.119. The molecule has 0 unspecified atom stereocenters. The van der Waals surface area contributed by atoms with E-state index < -0.39 is 5.91 Å². The first-order valence-electron chi connectivity index (χ1n) is 7.85. The molecule has 0 saturated carbocycles. The van der Waals surface area contributed by atoms with Gasteiger partial charge in [0.15, 0.2) is 6.61 Å². The number of hydrogen-bond donors (Lipinski definition) is 1. The van der Waals surface area contributed by atoms with Crippen LogP contribution in [0, 0.1) is 11.3 Å². The third kappa shape index (κ3) is 4.05. The first-order chi connectivity index (χ1) is 12.1. The number of nitrogens with two attached hydrogens (primary N) is 1. The maximum absolute atomic E-state index is 10.7. The van der Waals surface area contributed by atoms with Crippen LogP contribution in [0.1, 0.15) is 21.6 Å². The third-order valence-electron chi connectivity index (χ3n) is 3.93. The second kappa shape index (κ2) is 7.47. The highest BCUT2D eigenvalue weighted by molar-refractivity contribution is 7.16. The predicted octanol–water partition coefficient (Wildman–Crippen LogP) is 2.22. The van der Waals surface area contributed by atoms with Gasteiger partial charge in [0.05, 0.1) is 5.56 Å².